The standard InChI is InChI=1S/C14H19FN2O/c1-16(2)14(18)10-17(12-7-8-12)9-11-5-3-4-6-13(11)15/h3-6,12H,7-10H2,1-2H3. The first-order valence-electron chi connectivity index (χ1n) is 6.25. The number of benzene rings is 1. The molecule has 98 valence electrons. The second-order valence-corrected chi connectivity index (χ2v) is 5.02. The number of likely N-dealkylation sites (N-methyl/N-ethyl adjacent to an activating group) is 1. The summed E-state index contributed by atoms with van der Waals surface area (Å²) in [5.41, 5.74) is 0.663. The summed E-state index contributed by atoms with van der Waals surface area (Å²) in [5, 5.41) is 0. The predicted octanol–water partition coefficient (Wildman–Crippen LogP) is 1.88. The van der Waals surface area contributed by atoms with Gasteiger partial charge in [-0.3, -0.25) is 9.69 Å². The maximum absolute atomic E-state index is 13.6. The third kappa shape index (κ3) is 3.29. The second kappa shape index (κ2) is 5.48. The molecule has 1 amide bonds. The van der Waals surface area contributed by atoms with Gasteiger partial charge in [-0.2, -0.15) is 0 Å². The summed E-state index contributed by atoms with van der Waals surface area (Å²) in [7, 11) is 3.49. The zero-order valence-corrected chi connectivity index (χ0v) is 10.9. The van der Waals surface area contributed by atoms with Crippen LogP contribution in [0.4, 0.5) is 4.39 Å². The number of carbonyl (C=O) groups is 1. The van der Waals surface area contributed by atoms with Crippen molar-refractivity contribution in [2.24, 2.45) is 0 Å². The van der Waals surface area contributed by atoms with E-state index in [0.29, 0.717) is 24.7 Å². The van der Waals surface area contributed by atoms with Crippen molar-refractivity contribution in [1.82, 2.24) is 9.80 Å². The van der Waals surface area contributed by atoms with Crippen molar-refractivity contribution in [1.29, 1.82) is 0 Å². The van der Waals surface area contributed by atoms with Gasteiger partial charge in [-0.1, -0.05) is 18.2 Å². The highest BCUT2D eigenvalue weighted by atomic mass is 19.1. The van der Waals surface area contributed by atoms with Gasteiger partial charge in [0.05, 0.1) is 6.54 Å². The molecule has 0 atom stereocenters. The van der Waals surface area contributed by atoms with Crippen LogP contribution in [0.25, 0.3) is 0 Å². The molecule has 1 fully saturated rings. The van der Waals surface area contributed by atoms with Gasteiger partial charge in [0, 0.05) is 32.2 Å². The lowest BCUT2D eigenvalue weighted by molar-refractivity contribution is -0.130. The smallest absolute Gasteiger partial charge is 0.236 e. The van der Waals surface area contributed by atoms with Crippen LogP contribution in [0.3, 0.4) is 0 Å². The lowest BCUT2D eigenvalue weighted by Crippen LogP contribution is -2.37. The normalized spacial score (nSPS) is 14.9. The Morgan fingerprint density at radius 1 is 1.33 bits per heavy atom. The summed E-state index contributed by atoms with van der Waals surface area (Å²) in [6.45, 7) is 0.878. The molecule has 0 saturated heterocycles. The van der Waals surface area contributed by atoms with E-state index in [9.17, 15) is 9.18 Å². The minimum atomic E-state index is -0.194. The van der Waals surface area contributed by atoms with Crippen molar-refractivity contribution in [3.63, 3.8) is 0 Å². The first-order chi connectivity index (χ1) is 8.58. The lowest BCUT2D eigenvalue weighted by atomic mass is 10.2. The van der Waals surface area contributed by atoms with E-state index < -0.39 is 0 Å². The number of rotatable bonds is 5. The monoisotopic (exact) mass is 250 g/mol. The van der Waals surface area contributed by atoms with E-state index in [1.165, 1.54) is 6.07 Å². The lowest BCUT2D eigenvalue weighted by Gasteiger charge is -2.23. The predicted molar refractivity (Wildman–Crippen MR) is 68.5 cm³/mol. The molecule has 1 aliphatic carbocycles. The Morgan fingerprint density at radius 2 is 2.00 bits per heavy atom. The van der Waals surface area contributed by atoms with Crippen molar-refractivity contribution in [2.45, 2.75) is 25.4 Å². The largest absolute Gasteiger partial charge is 0.348 e. The summed E-state index contributed by atoms with van der Waals surface area (Å²) in [6.07, 6.45) is 2.21. The summed E-state index contributed by atoms with van der Waals surface area (Å²) >= 11 is 0. The molecular weight excluding hydrogens is 231 g/mol. The minimum absolute atomic E-state index is 0.0678. The topological polar surface area (TPSA) is 23.6 Å². The zero-order valence-electron chi connectivity index (χ0n) is 10.9. The molecule has 0 aliphatic heterocycles. The van der Waals surface area contributed by atoms with E-state index >= 15 is 0 Å². The Kier molecular flexibility index (Phi) is 3.97. The average molecular weight is 250 g/mol. The number of hydrogen-bond acceptors (Lipinski definition) is 2. The van der Waals surface area contributed by atoms with E-state index in [1.807, 2.05) is 6.07 Å². The summed E-state index contributed by atoms with van der Waals surface area (Å²) in [4.78, 5) is 15.4. The van der Waals surface area contributed by atoms with Gasteiger partial charge < -0.3 is 4.90 Å². The molecule has 0 spiro atoms. The van der Waals surface area contributed by atoms with Crippen LogP contribution < -0.4 is 0 Å². The van der Waals surface area contributed by atoms with Crippen molar-refractivity contribution < 1.29 is 9.18 Å². The van der Waals surface area contributed by atoms with Crippen LogP contribution in [0, 0.1) is 5.82 Å². The summed E-state index contributed by atoms with van der Waals surface area (Å²) in [6, 6.07) is 7.20. The fraction of sp³-hybridized carbons (Fsp3) is 0.500. The molecule has 1 aromatic rings. The summed E-state index contributed by atoms with van der Waals surface area (Å²) in [5.74, 6) is -0.126. The number of halogens is 1. The Labute approximate surface area is 107 Å². The van der Waals surface area contributed by atoms with E-state index in [4.69, 9.17) is 0 Å². The second-order valence-electron chi connectivity index (χ2n) is 5.02. The van der Waals surface area contributed by atoms with Gasteiger partial charge in [-0.15, -0.1) is 0 Å². The molecule has 18 heavy (non-hydrogen) atoms. The molecule has 0 heterocycles. The van der Waals surface area contributed by atoms with E-state index in [1.54, 1.807) is 31.1 Å². The first-order valence-corrected chi connectivity index (χ1v) is 6.25. The molecule has 3 nitrogen and oxygen atoms in total. The Hall–Kier alpha value is -1.42. The number of amides is 1. The molecular formula is C14H19FN2O. The van der Waals surface area contributed by atoms with Crippen molar-refractivity contribution in [3.05, 3.63) is 35.6 Å². The van der Waals surface area contributed by atoms with E-state index in [0.717, 1.165) is 12.8 Å². The van der Waals surface area contributed by atoms with Gasteiger partial charge in [0.15, 0.2) is 0 Å². The molecule has 2 rings (SSSR count). The molecule has 0 aromatic heterocycles. The molecule has 1 saturated carbocycles. The van der Waals surface area contributed by atoms with Crippen molar-refractivity contribution >= 4 is 5.91 Å². The van der Waals surface area contributed by atoms with E-state index in [2.05, 4.69) is 4.90 Å². The van der Waals surface area contributed by atoms with Crippen molar-refractivity contribution in [2.75, 3.05) is 20.6 Å². The third-order valence-corrected chi connectivity index (χ3v) is 3.23. The summed E-state index contributed by atoms with van der Waals surface area (Å²) < 4.78 is 13.6. The van der Waals surface area contributed by atoms with Crippen molar-refractivity contribution in [3.8, 4) is 0 Å². The SMILES string of the molecule is CN(C)C(=O)CN(Cc1ccccc1F)C1CC1. The van der Waals surface area contributed by atoms with Crippen LogP contribution in [-0.2, 0) is 11.3 Å². The van der Waals surface area contributed by atoms with Crippen LogP contribution in [0.15, 0.2) is 24.3 Å². The molecule has 1 aromatic carbocycles. The fourth-order valence-electron chi connectivity index (χ4n) is 1.91. The highest BCUT2D eigenvalue weighted by molar-refractivity contribution is 5.77. The van der Waals surface area contributed by atoms with Crippen LogP contribution in [0.5, 0.6) is 0 Å². The maximum atomic E-state index is 13.6. The van der Waals surface area contributed by atoms with Crippen LogP contribution >= 0.6 is 0 Å². The molecule has 1 aliphatic rings. The van der Waals surface area contributed by atoms with Gasteiger partial charge in [-0.25, -0.2) is 4.39 Å². The Morgan fingerprint density at radius 3 is 2.56 bits per heavy atom. The highest BCUT2D eigenvalue weighted by Gasteiger charge is 2.30. The van der Waals surface area contributed by atoms with Crippen LogP contribution in [0.1, 0.15) is 18.4 Å². The average Bonchev–Trinajstić information content (AvgIpc) is 3.14. The third-order valence-electron chi connectivity index (χ3n) is 3.23. The highest BCUT2D eigenvalue weighted by Crippen LogP contribution is 2.28. The first kappa shape index (κ1) is 13.0. The van der Waals surface area contributed by atoms with Gasteiger partial charge in [0.25, 0.3) is 0 Å². The fourth-order valence-corrected chi connectivity index (χ4v) is 1.91. The molecule has 0 unspecified atom stereocenters. The Balaban J connectivity index is 2.03. The van der Waals surface area contributed by atoms with Gasteiger partial charge in [0.2, 0.25) is 5.91 Å². The maximum Gasteiger partial charge on any atom is 0.236 e. The number of hydrogen-bond donors (Lipinski definition) is 0. The van der Waals surface area contributed by atoms with Gasteiger partial charge in [0.1, 0.15) is 5.82 Å². The number of carbonyl (C=O) groups excluding carboxylic acids is 1. The van der Waals surface area contributed by atoms with Crippen LogP contribution in [-0.4, -0.2) is 42.4 Å². The molecule has 0 radical (unpaired) electrons. The van der Waals surface area contributed by atoms with Crippen LogP contribution in [0.2, 0.25) is 0 Å². The van der Waals surface area contributed by atoms with Gasteiger partial charge in [-0.05, 0) is 18.9 Å². The molecule has 4 heteroatoms. The minimum Gasteiger partial charge on any atom is -0.348 e. The van der Waals surface area contributed by atoms with Gasteiger partial charge >= 0.3 is 0 Å². The molecule has 0 N–H and O–H groups in total. The molecule has 0 bridgehead atoms. The van der Waals surface area contributed by atoms with E-state index in [-0.39, 0.29) is 11.7 Å². The quantitative estimate of drug-likeness (QED) is 0.796. The number of nitrogens with zero attached hydrogens (tertiary/aromatic N) is 2. The zero-order chi connectivity index (χ0) is 13.1. The Bertz CT molecular complexity index is 430.